The number of aromatic nitrogens is 1. The van der Waals surface area contributed by atoms with Crippen molar-refractivity contribution in [3.63, 3.8) is 0 Å². The summed E-state index contributed by atoms with van der Waals surface area (Å²) in [7, 11) is 3.28. The fraction of sp³-hybridized carbons (Fsp3) is 0.357. The summed E-state index contributed by atoms with van der Waals surface area (Å²) in [6, 6.07) is 16.5. The van der Waals surface area contributed by atoms with E-state index in [1.807, 2.05) is 30.5 Å². The zero-order valence-electron chi connectivity index (χ0n) is 20.2. The van der Waals surface area contributed by atoms with Crippen LogP contribution in [0.1, 0.15) is 24.4 Å². The number of nitrogens with one attached hydrogen (secondary N) is 2. The number of piperidine rings is 3. The highest BCUT2D eigenvalue weighted by atomic mass is 32.1. The van der Waals surface area contributed by atoms with E-state index in [9.17, 15) is 0 Å². The quantitative estimate of drug-likeness (QED) is 0.351. The maximum absolute atomic E-state index is 5.85. The summed E-state index contributed by atoms with van der Waals surface area (Å²) in [6.07, 6.45) is 6.37. The molecule has 2 aromatic carbocycles. The molecule has 1 aromatic heterocycles. The molecular formula is C28H32N4O2S. The van der Waals surface area contributed by atoms with Gasteiger partial charge >= 0.3 is 0 Å². The lowest BCUT2D eigenvalue weighted by atomic mass is 9.73. The molecule has 182 valence electrons. The number of fused-ring (bicyclic) bond motifs is 4. The van der Waals surface area contributed by atoms with E-state index < -0.39 is 0 Å². The largest absolute Gasteiger partial charge is 0.497 e. The molecule has 3 aliphatic heterocycles. The summed E-state index contributed by atoms with van der Waals surface area (Å²) >= 11 is 5.85. The third-order valence-electron chi connectivity index (χ3n) is 7.50. The van der Waals surface area contributed by atoms with Crippen LogP contribution in [0.15, 0.2) is 67.4 Å². The first-order valence-corrected chi connectivity index (χ1v) is 12.5. The van der Waals surface area contributed by atoms with Crippen molar-refractivity contribution >= 4 is 33.9 Å². The summed E-state index contributed by atoms with van der Waals surface area (Å²) < 4.78 is 10.9. The Morgan fingerprint density at radius 3 is 2.80 bits per heavy atom. The second-order valence-electron chi connectivity index (χ2n) is 9.31. The van der Waals surface area contributed by atoms with Gasteiger partial charge in [-0.25, -0.2) is 0 Å². The number of benzene rings is 2. The molecule has 6 nitrogen and oxygen atoms in total. The molecule has 5 atom stereocenters. The van der Waals surface area contributed by atoms with E-state index in [0.29, 0.717) is 28.7 Å². The fourth-order valence-corrected chi connectivity index (χ4v) is 5.93. The highest BCUT2D eigenvalue weighted by Gasteiger charge is 2.43. The van der Waals surface area contributed by atoms with E-state index in [1.165, 1.54) is 12.0 Å². The standard InChI is InChI=1S/C28H32N4O2S/c1-4-18-17-32-14-12-19(18)15-25(32)27(22-11-13-29-23-8-6-5-7-21(22)23)31-28(35)30-24-10-9-20(33-2)16-26(24)34-3/h4-11,13,16,18-19,25,27H,1,12,14-15,17H2,2-3H3,(H2,30,31,35)/t18-,19-,25+,27-/m0/s1. The maximum atomic E-state index is 5.85. The number of methoxy groups -OCH3 is 2. The number of rotatable bonds is 7. The minimum Gasteiger partial charge on any atom is -0.497 e. The predicted octanol–water partition coefficient (Wildman–Crippen LogP) is 5.18. The second-order valence-corrected chi connectivity index (χ2v) is 9.71. The van der Waals surface area contributed by atoms with Crippen molar-refractivity contribution in [3.8, 4) is 11.5 Å². The van der Waals surface area contributed by atoms with E-state index in [2.05, 4.69) is 57.4 Å². The highest BCUT2D eigenvalue weighted by molar-refractivity contribution is 7.80. The van der Waals surface area contributed by atoms with Crippen molar-refractivity contribution in [1.29, 1.82) is 0 Å². The van der Waals surface area contributed by atoms with Crippen LogP contribution in [-0.4, -0.2) is 48.3 Å². The molecule has 3 saturated heterocycles. The monoisotopic (exact) mass is 488 g/mol. The molecule has 1 unspecified atom stereocenters. The normalized spacial score (nSPS) is 23.9. The zero-order chi connectivity index (χ0) is 24.4. The molecule has 0 radical (unpaired) electrons. The molecule has 35 heavy (non-hydrogen) atoms. The van der Waals surface area contributed by atoms with Crippen LogP contribution in [0.2, 0.25) is 0 Å². The first-order valence-electron chi connectivity index (χ1n) is 12.1. The fourth-order valence-electron chi connectivity index (χ4n) is 5.70. The highest BCUT2D eigenvalue weighted by Crippen LogP contribution is 2.42. The van der Waals surface area contributed by atoms with Gasteiger partial charge in [0.25, 0.3) is 0 Å². The number of hydrogen-bond acceptors (Lipinski definition) is 5. The Morgan fingerprint density at radius 2 is 2.06 bits per heavy atom. The molecule has 0 amide bonds. The van der Waals surface area contributed by atoms with Crippen molar-refractivity contribution in [2.75, 3.05) is 32.6 Å². The van der Waals surface area contributed by atoms with Crippen molar-refractivity contribution < 1.29 is 9.47 Å². The van der Waals surface area contributed by atoms with Crippen LogP contribution in [0.3, 0.4) is 0 Å². The number of pyridine rings is 1. The first-order chi connectivity index (χ1) is 17.1. The van der Waals surface area contributed by atoms with Crippen LogP contribution < -0.4 is 20.1 Å². The molecule has 7 heteroatoms. The minimum absolute atomic E-state index is 0.0145. The van der Waals surface area contributed by atoms with Crippen LogP contribution >= 0.6 is 12.2 Å². The second kappa shape index (κ2) is 10.2. The summed E-state index contributed by atoms with van der Waals surface area (Å²) in [5.41, 5.74) is 3.00. The molecule has 4 heterocycles. The molecule has 3 aliphatic rings. The summed E-state index contributed by atoms with van der Waals surface area (Å²) in [4.78, 5) is 7.20. The van der Waals surface area contributed by atoms with Gasteiger partial charge in [0.2, 0.25) is 0 Å². The van der Waals surface area contributed by atoms with Crippen LogP contribution in [0.5, 0.6) is 11.5 Å². The molecule has 3 fully saturated rings. The van der Waals surface area contributed by atoms with E-state index in [0.717, 1.165) is 41.9 Å². The summed E-state index contributed by atoms with van der Waals surface area (Å²) in [5.74, 6) is 2.62. The molecule has 2 bridgehead atoms. The van der Waals surface area contributed by atoms with E-state index in [1.54, 1.807) is 14.2 Å². The van der Waals surface area contributed by atoms with E-state index in [-0.39, 0.29) is 6.04 Å². The number of thiocarbonyl (C=S) groups is 1. The van der Waals surface area contributed by atoms with E-state index >= 15 is 0 Å². The number of ether oxygens (including phenoxy) is 2. The van der Waals surface area contributed by atoms with E-state index in [4.69, 9.17) is 21.7 Å². The van der Waals surface area contributed by atoms with Crippen molar-refractivity contribution in [2.45, 2.75) is 24.9 Å². The average Bonchev–Trinajstić information content (AvgIpc) is 2.91. The maximum Gasteiger partial charge on any atom is 0.171 e. The Balaban J connectivity index is 1.46. The lowest BCUT2D eigenvalue weighted by Crippen LogP contribution is -2.57. The molecule has 0 aliphatic carbocycles. The molecule has 2 N–H and O–H groups in total. The first kappa shape index (κ1) is 23.6. The predicted molar refractivity (Wildman–Crippen MR) is 145 cm³/mol. The van der Waals surface area contributed by atoms with Crippen LogP contribution in [0.25, 0.3) is 10.9 Å². The van der Waals surface area contributed by atoms with Crippen molar-refractivity contribution in [2.24, 2.45) is 11.8 Å². The van der Waals surface area contributed by atoms with Gasteiger partial charge in [0.15, 0.2) is 5.11 Å². The lowest BCUT2D eigenvalue weighted by Gasteiger charge is -2.52. The smallest absolute Gasteiger partial charge is 0.171 e. The molecule has 3 aromatic rings. The molecule has 0 spiro atoms. The third-order valence-corrected chi connectivity index (χ3v) is 7.72. The molecule has 6 rings (SSSR count). The summed E-state index contributed by atoms with van der Waals surface area (Å²) in [5, 5.41) is 8.74. The Kier molecular flexibility index (Phi) is 6.88. The summed E-state index contributed by atoms with van der Waals surface area (Å²) in [6.45, 7) is 6.25. The molecular weight excluding hydrogens is 456 g/mol. The van der Waals surface area contributed by atoms with Crippen LogP contribution in [-0.2, 0) is 0 Å². The van der Waals surface area contributed by atoms with Crippen molar-refractivity contribution in [1.82, 2.24) is 15.2 Å². The number of anilines is 1. The lowest BCUT2D eigenvalue weighted by molar-refractivity contribution is 0.00443. The number of hydrogen-bond donors (Lipinski definition) is 2. The zero-order valence-corrected chi connectivity index (χ0v) is 21.1. The number of para-hydroxylation sites is 1. The Labute approximate surface area is 212 Å². The topological polar surface area (TPSA) is 58.7 Å². The van der Waals surface area contributed by atoms with Gasteiger partial charge in [0.1, 0.15) is 11.5 Å². The van der Waals surface area contributed by atoms with Gasteiger partial charge < -0.3 is 20.1 Å². The van der Waals surface area contributed by atoms with Gasteiger partial charge in [-0.15, -0.1) is 6.58 Å². The van der Waals surface area contributed by atoms with Crippen molar-refractivity contribution in [3.05, 3.63) is 72.9 Å². The third kappa shape index (κ3) is 4.70. The minimum atomic E-state index is 0.0145. The van der Waals surface area contributed by atoms with Gasteiger partial charge in [-0.05, 0) is 73.3 Å². The Hall–Kier alpha value is -3.16. The van der Waals surface area contributed by atoms with Crippen LogP contribution in [0, 0.1) is 11.8 Å². The number of nitrogens with zero attached hydrogens (tertiary/aromatic N) is 2. The van der Waals surface area contributed by atoms with Gasteiger partial charge in [-0.2, -0.15) is 0 Å². The SMILES string of the molecule is C=C[C@H]1CN2CC[C@H]1C[C@@H]2[C@@H](NC(=S)Nc1ccc(OC)cc1OC)c1ccnc2ccccc12. The van der Waals surface area contributed by atoms with Gasteiger partial charge in [0.05, 0.1) is 31.5 Å². The van der Waals surface area contributed by atoms with Crippen LogP contribution in [0.4, 0.5) is 5.69 Å². The van der Waals surface area contributed by atoms with Gasteiger partial charge in [-0.1, -0.05) is 24.3 Å². The van der Waals surface area contributed by atoms with Gasteiger partial charge in [-0.3, -0.25) is 9.88 Å². The molecule has 0 saturated carbocycles. The Bertz CT molecular complexity index is 1230. The Morgan fingerprint density at radius 1 is 1.20 bits per heavy atom. The van der Waals surface area contributed by atoms with Gasteiger partial charge in [0, 0.05) is 30.2 Å². The average molecular weight is 489 g/mol.